The molecule has 1 N–H and O–H groups in total. The molecule has 0 spiro atoms. The van der Waals surface area contributed by atoms with Crippen LogP contribution in [0, 0.1) is 0 Å². The lowest BCUT2D eigenvalue weighted by atomic mass is 9.93. The van der Waals surface area contributed by atoms with Crippen molar-refractivity contribution in [1.29, 1.82) is 0 Å². The van der Waals surface area contributed by atoms with Crippen molar-refractivity contribution in [3.05, 3.63) is 33.8 Å². The van der Waals surface area contributed by atoms with Crippen LogP contribution >= 0.6 is 35.0 Å². The highest BCUT2D eigenvalue weighted by Gasteiger charge is 2.22. The van der Waals surface area contributed by atoms with Gasteiger partial charge in [0.15, 0.2) is 0 Å². The number of nitrogens with one attached hydrogen (secondary N) is 1. The van der Waals surface area contributed by atoms with Gasteiger partial charge in [-0.25, -0.2) is 0 Å². The predicted molar refractivity (Wildman–Crippen MR) is 92.2 cm³/mol. The third kappa shape index (κ3) is 4.30. The number of rotatable bonds is 5. The molecule has 0 saturated heterocycles. The molecule has 1 aliphatic carbocycles. The summed E-state index contributed by atoms with van der Waals surface area (Å²) >= 11 is 14.1. The molecule has 1 atom stereocenters. The quantitative estimate of drug-likeness (QED) is 0.741. The van der Waals surface area contributed by atoms with Crippen LogP contribution < -0.4 is 5.32 Å². The molecule has 1 fully saturated rings. The lowest BCUT2D eigenvalue weighted by Gasteiger charge is -2.31. The van der Waals surface area contributed by atoms with E-state index in [1.165, 1.54) is 31.2 Å². The van der Waals surface area contributed by atoms with E-state index in [2.05, 4.69) is 24.6 Å². The van der Waals surface area contributed by atoms with Crippen LogP contribution in [0.4, 0.5) is 0 Å². The van der Waals surface area contributed by atoms with E-state index in [-0.39, 0.29) is 0 Å². The van der Waals surface area contributed by atoms with E-state index in [4.69, 9.17) is 23.2 Å². The SMILES string of the molecule is CCC(NC1CCC(SC)CC1)c1ccc(Cl)c(Cl)c1. The first-order valence-corrected chi connectivity index (χ1v) is 9.42. The van der Waals surface area contributed by atoms with Gasteiger partial charge in [0.2, 0.25) is 0 Å². The molecule has 1 saturated carbocycles. The highest BCUT2D eigenvalue weighted by atomic mass is 35.5. The number of thioether (sulfide) groups is 1. The molecule has 1 nitrogen and oxygen atoms in total. The Morgan fingerprint density at radius 3 is 2.45 bits per heavy atom. The van der Waals surface area contributed by atoms with Gasteiger partial charge in [-0.3, -0.25) is 0 Å². The number of benzene rings is 1. The van der Waals surface area contributed by atoms with Crippen LogP contribution in [-0.2, 0) is 0 Å². The summed E-state index contributed by atoms with van der Waals surface area (Å²) in [6.45, 7) is 2.22. The Morgan fingerprint density at radius 1 is 1.20 bits per heavy atom. The molecule has 112 valence electrons. The van der Waals surface area contributed by atoms with E-state index in [1.54, 1.807) is 0 Å². The summed E-state index contributed by atoms with van der Waals surface area (Å²) in [4.78, 5) is 0. The van der Waals surface area contributed by atoms with E-state index in [0.29, 0.717) is 22.1 Å². The minimum atomic E-state index is 0.376. The maximum Gasteiger partial charge on any atom is 0.0595 e. The average molecular weight is 332 g/mol. The van der Waals surface area contributed by atoms with Crippen molar-refractivity contribution < 1.29 is 0 Å². The van der Waals surface area contributed by atoms with Crippen molar-refractivity contribution in [2.75, 3.05) is 6.26 Å². The molecule has 4 heteroatoms. The summed E-state index contributed by atoms with van der Waals surface area (Å²) in [7, 11) is 0. The smallest absolute Gasteiger partial charge is 0.0595 e. The van der Waals surface area contributed by atoms with Crippen LogP contribution in [0.15, 0.2) is 18.2 Å². The second kappa shape index (κ2) is 7.93. The van der Waals surface area contributed by atoms with E-state index < -0.39 is 0 Å². The predicted octanol–water partition coefficient (Wildman–Crippen LogP) is 5.71. The molecule has 0 amide bonds. The molecule has 0 aliphatic heterocycles. The van der Waals surface area contributed by atoms with Crippen molar-refractivity contribution in [1.82, 2.24) is 5.32 Å². The Kier molecular flexibility index (Phi) is 6.54. The lowest BCUT2D eigenvalue weighted by molar-refractivity contribution is 0.339. The van der Waals surface area contributed by atoms with Crippen LogP contribution in [-0.4, -0.2) is 17.5 Å². The summed E-state index contributed by atoms with van der Waals surface area (Å²) in [6, 6.07) is 6.99. The van der Waals surface area contributed by atoms with Crippen molar-refractivity contribution in [3.8, 4) is 0 Å². The summed E-state index contributed by atoms with van der Waals surface area (Å²) in [6.07, 6.45) is 8.52. The van der Waals surface area contributed by atoms with Gasteiger partial charge in [-0.05, 0) is 56.1 Å². The molecular formula is C16H23Cl2NS. The van der Waals surface area contributed by atoms with E-state index in [1.807, 2.05) is 23.9 Å². The lowest BCUT2D eigenvalue weighted by Crippen LogP contribution is -2.36. The van der Waals surface area contributed by atoms with Crippen molar-refractivity contribution in [2.24, 2.45) is 0 Å². The highest BCUT2D eigenvalue weighted by Crippen LogP contribution is 2.30. The zero-order valence-electron chi connectivity index (χ0n) is 12.2. The van der Waals surface area contributed by atoms with Crippen LogP contribution in [0.5, 0.6) is 0 Å². The second-order valence-electron chi connectivity index (χ2n) is 5.51. The molecule has 0 bridgehead atoms. The topological polar surface area (TPSA) is 12.0 Å². The first kappa shape index (κ1) is 16.5. The molecule has 2 rings (SSSR count). The maximum atomic E-state index is 6.13. The van der Waals surface area contributed by atoms with Gasteiger partial charge in [0.05, 0.1) is 10.0 Å². The van der Waals surface area contributed by atoms with Gasteiger partial charge in [0.1, 0.15) is 0 Å². The second-order valence-corrected chi connectivity index (χ2v) is 7.46. The molecule has 1 aromatic rings. The Morgan fingerprint density at radius 2 is 1.90 bits per heavy atom. The zero-order valence-corrected chi connectivity index (χ0v) is 14.5. The first-order chi connectivity index (χ1) is 9.63. The summed E-state index contributed by atoms with van der Waals surface area (Å²) in [5.74, 6) is 0. The van der Waals surface area contributed by atoms with Crippen LogP contribution in [0.25, 0.3) is 0 Å². The Bertz CT molecular complexity index is 430. The third-order valence-corrected chi connectivity index (χ3v) is 6.08. The highest BCUT2D eigenvalue weighted by molar-refractivity contribution is 7.99. The number of halogens is 2. The van der Waals surface area contributed by atoms with Gasteiger partial charge in [0.25, 0.3) is 0 Å². The minimum absolute atomic E-state index is 0.376. The number of hydrogen-bond donors (Lipinski definition) is 1. The van der Waals surface area contributed by atoms with Gasteiger partial charge >= 0.3 is 0 Å². The van der Waals surface area contributed by atoms with Crippen molar-refractivity contribution in [3.63, 3.8) is 0 Å². The maximum absolute atomic E-state index is 6.13. The fourth-order valence-corrected chi connectivity index (χ4v) is 3.98. The summed E-state index contributed by atoms with van der Waals surface area (Å²) < 4.78 is 0. The largest absolute Gasteiger partial charge is 0.307 e. The third-order valence-electron chi connectivity index (χ3n) is 4.20. The van der Waals surface area contributed by atoms with Gasteiger partial charge in [-0.2, -0.15) is 11.8 Å². The molecule has 0 heterocycles. The van der Waals surface area contributed by atoms with Crippen LogP contribution in [0.1, 0.15) is 50.6 Å². The normalized spacial score (nSPS) is 24.6. The van der Waals surface area contributed by atoms with E-state index >= 15 is 0 Å². The summed E-state index contributed by atoms with van der Waals surface area (Å²) in [5.41, 5.74) is 1.24. The van der Waals surface area contributed by atoms with Gasteiger partial charge in [-0.1, -0.05) is 36.2 Å². The zero-order chi connectivity index (χ0) is 14.5. The van der Waals surface area contributed by atoms with Crippen LogP contribution in [0.2, 0.25) is 10.0 Å². The van der Waals surface area contributed by atoms with Crippen LogP contribution in [0.3, 0.4) is 0 Å². The molecule has 0 radical (unpaired) electrons. The fourth-order valence-electron chi connectivity index (χ4n) is 2.93. The monoisotopic (exact) mass is 331 g/mol. The van der Waals surface area contributed by atoms with E-state index in [9.17, 15) is 0 Å². The standard InChI is InChI=1S/C16H23Cl2NS/c1-3-16(11-4-9-14(17)15(18)10-11)19-12-5-7-13(20-2)8-6-12/h4,9-10,12-13,16,19H,3,5-8H2,1-2H3. The molecule has 1 aliphatic rings. The van der Waals surface area contributed by atoms with Gasteiger partial charge < -0.3 is 5.32 Å². The Hall–Kier alpha value is 0.110. The minimum Gasteiger partial charge on any atom is -0.307 e. The Balaban J connectivity index is 1.97. The molecule has 0 aromatic heterocycles. The summed E-state index contributed by atoms with van der Waals surface area (Å²) in [5, 5.41) is 5.94. The van der Waals surface area contributed by atoms with Crippen molar-refractivity contribution in [2.45, 2.75) is 56.4 Å². The van der Waals surface area contributed by atoms with Gasteiger partial charge in [0, 0.05) is 17.3 Å². The molecule has 1 aromatic carbocycles. The molecule has 1 unspecified atom stereocenters. The fraction of sp³-hybridized carbons (Fsp3) is 0.625. The molecule has 20 heavy (non-hydrogen) atoms. The first-order valence-electron chi connectivity index (χ1n) is 7.37. The van der Waals surface area contributed by atoms with E-state index in [0.717, 1.165) is 11.7 Å². The molecular weight excluding hydrogens is 309 g/mol. The number of hydrogen-bond acceptors (Lipinski definition) is 2. The Labute approximate surface area is 136 Å². The van der Waals surface area contributed by atoms with Crippen molar-refractivity contribution >= 4 is 35.0 Å². The average Bonchev–Trinajstić information content (AvgIpc) is 2.48. The van der Waals surface area contributed by atoms with Gasteiger partial charge in [-0.15, -0.1) is 0 Å².